The zero-order valence-corrected chi connectivity index (χ0v) is 17.6. The fourth-order valence-corrected chi connectivity index (χ4v) is 4.75. The number of ether oxygens (including phenoxy) is 1. The molecule has 2 aromatic rings. The van der Waals surface area contributed by atoms with Gasteiger partial charge < -0.3 is 4.74 Å². The molecule has 1 aliphatic heterocycles. The molecular weight excluding hydrogens is 420 g/mol. The first-order valence-electron chi connectivity index (χ1n) is 9.72. The van der Waals surface area contributed by atoms with E-state index in [-0.39, 0.29) is 24.5 Å². The molecular formula is C21H22N4O5S. The lowest BCUT2D eigenvalue weighted by molar-refractivity contribution is -0.153. The largest absolute Gasteiger partial charge is 0.455 e. The van der Waals surface area contributed by atoms with Crippen LogP contribution in [0.25, 0.3) is 0 Å². The summed E-state index contributed by atoms with van der Waals surface area (Å²) >= 11 is 0. The second-order valence-electron chi connectivity index (χ2n) is 6.95. The monoisotopic (exact) mass is 442 g/mol. The number of piperidine rings is 1. The van der Waals surface area contributed by atoms with Crippen LogP contribution in [0.4, 0.5) is 5.69 Å². The SMILES string of the molecule is N#CCN(C(=O)COC(=O)C1CCN(S(=O)(=O)c2cccnc2)CC1)c1ccccc1. The number of aromatic nitrogens is 1. The number of rotatable bonds is 7. The standard InChI is InChI=1S/C21H22N4O5S/c22-10-14-25(18-5-2-1-3-6-18)20(26)16-30-21(27)17-8-12-24(13-9-17)31(28,29)19-7-4-11-23-15-19/h1-7,11,15,17H,8-9,12-14,16H2. The molecule has 10 heteroatoms. The lowest BCUT2D eigenvalue weighted by Gasteiger charge is -2.30. The number of sulfonamides is 1. The summed E-state index contributed by atoms with van der Waals surface area (Å²) in [6, 6.07) is 13.6. The fourth-order valence-electron chi connectivity index (χ4n) is 3.31. The van der Waals surface area contributed by atoms with E-state index in [9.17, 15) is 18.0 Å². The Balaban J connectivity index is 1.53. The lowest BCUT2D eigenvalue weighted by atomic mass is 9.98. The fraction of sp³-hybridized carbons (Fsp3) is 0.333. The van der Waals surface area contributed by atoms with Crippen LogP contribution in [0.2, 0.25) is 0 Å². The van der Waals surface area contributed by atoms with Crippen LogP contribution in [0.3, 0.4) is 0 Å². The third kappa shape index (κ3) is 5.45. The van der Waals surface area contributed by atoms with Gasteiger partial charge in [0.05, 0.1) is 12.0 Å². The first-order chi connectivity index (χ1) is 14.9. The van der Waals surface area contributed by atoms with Gasteiger partial charge in [-0.2, -0.15) is 9.57 Å². The van der Waals surface area contributed by atoms with Crippen LogP contribution >= 0.6 is 0 Å². The highest BCUT2D eigenvalue weighted by Gasteiger charge is 2.33. The van der Waals surface area contributed by atoms with E-state index in [4.69, 9.17) is 10.00 Å². The van der Waals surface area contributed by atoms with Gasteiger partial charge in [-0.1, -0.05) is 18.2 Å². The van der Waals surface area contributed by atoms with Crippen molar-refractivity contribution in [3.05, 3.63) is 54.9 Å². The van der Waals surface area contributed by atoms with Gasteiger partial charge in [-0.05, 0) is 37.1 Å². The van der Waals surface area contributed by atoms with Crippen molar-refractivity contribution in [1.82, 2.24) is 9.29 Å². The second kappa shape index (κ2) is 10.1. The normalized spacial score (nSPS) is 15.1. The topological polar surface area (TPSA) is 121 Å². The highest BCUT2D eigenvalue weighted by molar-refractivity contribution is 7.89. The number of hydrogen-bond acceptors (Lipinski definition) is 7. The Morgan fingerprint density at radius 1 is 1.16 bits per heavy atom. The maximum Gasteiger partial charge on any atom is 0.309 e. The van der Waals surface area contributed by atoms with E-state index in [0.29, 0.717) is 18.5 Å². The molecule has 0 spiro atoms. The first kappa shape index (κ1) is 22.4. The Morgan fingerprint density at radius 2 is 1.87 bits per heavy atom. The molecule has 0 N–H and O–H groups in total. The molecule has 3 rings (SSSR count). The maximum absolute atomic E-state index is 12.6. The van der Waals surface area contributed by atoms with Crippen molar-refractivity contribution in [3.63, 3.8) is 0 Å². The third-order valence-electron chi connectivity index (χ3n) is 5.00. The van der Waals surface area contributed by atoms with Crippen LogP contribution in [0, 0.1) is 17.2 Å². The van der Waals surface area contributed by atoms with E-state index in [1.165, 1.54) is 27.7 Å². The van der Waals surface area contributed by atoms with Crippen molar-refractivity contribution < 1.29 is 22.7 Å². The predicted octanol–water partition coefficient (Wildman–Crippen LogP) is 1.58. The maximum atomic E-state index is 12.6. The van der Waals surface area contributed by atoms with Crippen LogP contribution in [-0.4, -0.2) is 55.8 Å². The number of hydrogen-bond donors (Lipinski definition) is 0. The molecule has 9 nitrogen and oxygen atoms in total. The minimum atomic E-state index is -3.66. The summed E-state index contributed by atoms with van der Waals surface area (Å²) in [6.45, 7) is -0.292. The molecule has 31 heavy (non-hydrogen) atoms. The molecule has 1 aromatic heterocycles. The molecule has 0 bridgehead atoms. The van der Waals surface area contributed by atoms with Crippen molar-refractivity contribution in [2.24, 2.45) is 5.92 Å². The van der Waals surface area contributed by atoms with Gasteiger partial charge >= 0.3 is 5.97 Å². The summed E-state index contributed by atoms with van der Waals surface area (Å²) in [5, 5.41) is 8.99. The number of amides is 1. The van der Waals surface area contributed by atoms with E-state index >= 15 is 0 Å². The van der Waals surface area contributed by atoms with Gasteiger partial charge in [0.25, 0.3) is 5.91 Å². The van der Waals surface area contributed by atoms with E-state index < -0.39 is 34.4 Å². The molecule has 1 amide bonds. The van der Waals surface area contributed by atoms with Crippen molar-refractivity contribution in [1.29, 1.82) is 5.26 Å². The Kier molecular flexibility index (Phi) is 7.33. The molecule has 0 aliphatic carbocycles. The van der Waals surface area contributed by atoms with Gasteiger partial charge in [0.2, 0.25) is 10.0 Å². The quantitative estimate of drug-likeness (QED) is 0.471. The number of nitrogens with zero attached hydrogens (tertiary/aromatic N) is 4. The van der Waals surface area contributed by atoms with E-state index in [1.54, 1.807) is 36.4 Å². The van der Waals surface area contributed by atoms with Crippen LogP contribution < -0.4 is 4.90 Å². The Labute approximate surface area is 180 Å². The van der Waals surface area contributed by atoms with Crippen molar-refractivity contribution >= 4 is 27.6 Å². The number of carbonyl (C=O) groups excluding carboxylic acids is 2. The van der Waals surface area contributed by atoms with Gasteiger partial charge in [-0.15, -0.1) is 0 Å². The smallest absolute Gasteiger partial charge is 0.309 e. The van der Waals surface area contributed by atoms with Crippen LogP contribution in [0.5, 0.6) is 0 Å². The van der Waals surface area contributed by atoms with Gasteiger partial charge in [0.15, 0.2) is 6.61 Å². The molecule has 1 aliphatic rings. The predicted molar refractivity (Wildman–Crippen MR) is 111 cm³/mol. The summed E-state index contributed by atoms with van der Waals surface area (Å²) < 4.78 is 31.8. The summed E-state index contributed by atoms with van der Waals surface area (Å²) in [6.07, 6.45) is 3.39. The van der Waals surface area contributed by atoms with Crippen LogP contribution in [0.15, 0.2) is 59.8 Å². The minimum absolute atomic E-state index is 0.111. The molecule has 0 atom stereocenters. The van der Waals surface area contributed by atoms with Gasteiger partial charge in [-0.25, -0.2) is 8.42 Å². The molecule has 1 saturated heterocycles. The van der Waals surface area contributed by atoms with Gasteiger partial charge in [0, 0.05) is 31.2 Å². The molecule has 0 saturated carbocycles. The van der Waals surface area contributed by atoms with Gasteiger partial charge in [-0.3, -0.25) is 19.5 Å². The lowest BCUT2D eigenvalue weighted by Crippen LogP contribution is -2.41. The van der Waals surface area contributed by atoms with Crippen LogP contribution in [0.1, 0.15) is 12.8 Å². The Morgan fingerprint density at radius 3 is 2.48 bits per heavy atom. The number of para-hydroxylation sites is 1. The van der Waals surface area contributed by atoms with Crippen molar-refractivity contribution in [2.75, 3.05) is 31.1 Å². The number of anilines is 1. The molecule has 0 unspecified atom stereocenters. The highest BCUT2D eigenvalue weighted by atomic mass is 32.2. The number of nitriles is 1. The summed E-state index contributed by atoms with van der Waals surface area (Å²) in [5.74, 6) is -1.54. The summed E-state index contributed by atoms with van der Waals surface area (Å²) in [5.41, 5.74) is 0.541. The molecule has 2 heterocycles. The third-order valence-corrected chi connectivity index (χ3v) is 6.88. The number of carbonyl (C=O) groups is 2. The highest BCUT2D eigenvalue weighted by Crippen LogP contribution is 2.24. The number of esters is 1. The minimum Gasteiger partial charge on any atom is -0.455 e. The van der Waals surface area contributed by atoms with Crippen molar-refractivity contribution in [2.45, 2.75) is 17.7 Å². The molecule has 0 radical (unpaired) electrons. The molecule has 1 aromatic carbocycles. The zero-order chi connectivity index (χ0) is 22.3. The van der Waals surface area contributed by atoms with Crippen LogP contribution in [-0.2, 0) is 24.3 Å². The first-order valence-corrected chi connectivity index (χ1v) is 11.2. The molecule has 1 fully saturated rings. The average molecular weight is 442 g/mol. The average Bonchev–Trinajstić information content (AvgIpc) is 2.82. The number of benzene rings is 1. The zero-order valence-electron chi connectivity index (χ0n) is 16.8. The number of pyridine rings is 1. The summed E-state index contributed by atoms with van der Waals surface area (Å²) in [7, 11) is -3.66. The summed E-state index contributed by atoms with van der Waals surface area (Å²) in [4.78, 5) is 30.1. The second-order valence-corrected chi connectivity index (χ2v) is 8.89. The Hall–Kier alpha value is -3.29. The Bertz CT molecular complexity index is 1050. The van der Waals surface area contributed by atoms with Crippen molar-refractivity contribution in [3.8, 4) is 6.07 Å². The van der Waals surface area contributed by atoms with E-state index in [1.807, 2.05) is 6.07 Å². The van der Waals surface area contributed by atoms with E-state index in [0.717, 1.165) is 0 Å². The van der Waals surface area contributed by atoms with Gasteiger partial charge in [0.1, 0.15) is 11.4 Å². The van der Waals surface area contributed by atoms with E-state index in [2.05, 4.69) is 4.98 Å². The molecule has 162 valence electrons.